The molecule has 0 aliphatic carbocycles. The van der Waals surface area contributed by atoms with Crippen LogP contribution in [0.4, 0.5) is 0 Å². The number of hydrogen-bond donors (Lipinski definition) is 1. The molecule has 1 heterocycles. The van der Waals surface area contributed by atoms with Gasteiger partial charge in [0.2, 0.25) is 0 Å². The zero-order valence-electron chi connectivity index (χ0n) is 9.60. The molecule has 0 saturated heterocycles. The lowest BCUT2D eigenvalue weighted by atomic mass is 10.2. The molecule has 1 N–H and O–H groups in total. The summed E-state index contributed by atoms with van der Waals surface area (Å²) >= 11 is 1.17. The van der Waals surface area contributed by atoms with E-state index in [2.05, 4.69) is 9.72 Å². The molecule has 0 atom stereocenters. The van der Waals surface area contributed by atoms with Crippen LogP contribution in [0, 0.1) is 0 Å². The highest BCUT2D eigenvalue weighted by Gasteiger charge is 2.09. The normalized spacial score (nSPS) is 10.0. The maximum atomic E-state index is 11.0. The molecule has 0 bridgehead atoms. The number of carboxylic acid groups (broad SMARTS) is 1. The monoisotopic (exact) mass is 255 g/mol. The Morgan fingerprint density at radius 3 is 2.71 bits per heavy atom. The number of aromatic carboxylic acids is 1. The van der Waals surface area contributed by atoms with E-state index in [9.17, 15) is 9.59 Å². The van der Waals surface area contributed by atoms with Gasteiger partial charge in [-0.05, 0) is 18.6 Å². The smallest absolute Gasteiger partial charge is 0.335 e. The Bertz CT molecular complexity index is 433. The molecule has 0 aromatic carbocycles. The number of pyridine rings is 1. The second-order valence-corrected chi connectivity index (χ2v) is 4.20. The van der Waals surface area contributed by atoms with Crippen molar-refractivity contribution in [3.63, 3.8) is 0 Å². The van der Waals surface area contributed by atoms with Gasteiger partial charge in [-0.25, -0.2) is 9.78 Å². The van der Waals surface area contributed by atoms with E-state index >= 15 is 0 Å². The van der Waals surface area contributed by atoms with Crippen molar-refractivity contribution in [1.29, 1.82) is 0 Å². The summed E-state index contributed by atoms with van der Waals surface area (Å²) in [6, 6.07) is 2.99. The van der Waals surface area contributed by atoms with Gasteiger partial charge in [0.15, 0.2) is 0 Å². The van der Waals surface area contributed by atoms with Gasteiger partial charge in [-0.15, -0.1) is 0 Å². The van der Waals surface area contributed by atoms with Crippen molar-refractivity contribution in [3.05, 3.63) is 23.4 Å². The second-order valence-electron chi connectivity index (χ2n) is 3.21. The van der Waals surface area contributed by atoms with Gasteiger partial charge in [0.25, 0.3) is 0 Å². The van der Waals surface area contributed by atoms with E-state index in [0.717, 1.165) is 0 Å². The minimum Gasteiger partial charge on any atom is -0.478 e. The SMILES string of the molecule is CCc1cc(C(=O)O)cc(SCC(=O)OC)n1. The fourth-order valence-electron chi connectivity index (χ4n) is 1.13. The molecule has 0 spiro atoms. The number of esters is 1. The van der Waals surface area contributed by atoms with E-state index < -0.39 is 5.97 Å². The number of carbonyl (C=O) groups excluding carboxylic acids is 1. The number of methoxy groups -OCH3 is 1. The Kier molecular flexibility index (Phi) is 4.96. The minimum absolute atomic E-state index is 0.121. The van der Waals surface area contributed by atoms with Crippen LogP contribution in [0.25, 0.3) is 0 Å². The van der Waals surface area contributed by atoms with E-state index in [1.165, 1.54) is 31.0 Å². The molecule has 0 aliphatic rings. The van der Waals surface area contributed by atoms with Gasteiger partial charge in [0.1, 0.15) is 0 Å². The van der Waals surface area contributed by atoms with E-state index in [-0.39, 0.29) is 17.3 Å². The van der Waals surface area contributed by atoms with Gasteiger partial charge in [-0.3, -0.25) is 4.79 Å². The van der Waals surface area contributed by atoms with Gasteiger partial charge >= 0.3 is 11.9 Å². The quantitative estimate of drug-likeness (QED) is 0.636. The summed E-state index contributed by atoms with van der Waals surface area (Å²) in [5.74, 6) is -1.24. The minimum atomic E-state index is -0.998. The highest BCUT2D eigenvalue weighted by atomic mass is 32.2. The van der Waals surface area contributed by atoms with Gasteiger partial charge in [0, 0.05) is 5.69 Å². The number of aromatic nitrogens is 1. The van der Waals surface area contributed by atoms with Crippen molar-refractivity contribution in [1.82, 2.24) is 4.98 Å². The van der Waals surface area contributed by atoms with Gasteiger partial charge < -0.3 is 9.84 Å². The summed E-state index contributed by atoms with van der Waals surface area (Å²) in [5.41, 5.74) is 0.876. The number of rotatable bonds is 5. The van der Waals surface area contributed by atoms with E-state index in [1.54, 1.807) is 0 Å². The average molecular weight is 255 g/mol. The van der Waals surface area contributed by atoms with E-state index in [0.29, 0.717) is 17.1 Å². The summed E-state index contributed by atoms with van der Waals surface area (Å²) in [6.07, 6.45) is 0.646. The third-order valence-corrected chi connectivity index (χ3v) is 2.91. The molecule has 0 radical (unpaired) electrons. The first-order valence-electron chi connectivity index (χ1n) is 5.00. The number of carboxylic acids is 1. The number of nitrogens with zero attached hydrogens (tertiary/aromatic N) is 1. The molecule has 1 aromatic heterocycles. The molecule has 92 valence electrons. The fraction of sp³-hybridized carbons (Fsp3) is 0.364. The van der Waals surface area contributed by atoms with Gasteiger partial charge in [-0.1, -0.05) is 18.7 Å². The average Bonchev–Trinajstić information content (AvgIpc) is 2.35. The van der Waals surface area contributed by atoms with Crippen molar-refractivity contribution in [2.24, 2.45) is 0 Å². The summed E-state index contributed by atoms with van der Waals surface area (Å²) < 4.78 is 4.50. The summed E-state index contributed by atoms with van der Waals surface area (Å²) in [4.78, 5) is 26.1. The van der Waals surface area contributed by atoms with Crippen LogP contribution in [0.1, 0.15) is 23.0 Å². The second kappa shape index (κ2) is 6.24. The van der Waals surface area contributed by atoms with Crippen molar-refractivity contribution < 1.29 is 19.4 Å². The highest BCUT2D eigenvalue weighted by Crippen LogP contribution is 2.18. The molecule has 1 rings (SSSR count). The Labute approximate surface area is 103 Å². The maximum Gasteiger partial charge on any atom is 0.335 e. The van der Waals surface area contributed by atoms with Crippen LogP contribution in [-0.4, -0.2) is 34.9 Å². The van der Waals surface area contributed by atoms with Crippen molar-refractivity contribution in [2.75, 3.05) is 12.9 Å². The van der Waals surface area contributed by atoms with Crippen LogP contribution < -0.4 is 0 Å². The number of carbonyl (C=O) groups is 2. The Hall–Kier alpha value is -1.56. The van der Waals surface area contributed by atoms with Gasteiger partial charge in [0.05, 0.1) is 23.5 Å². The fourth-order valence-corrected chi connectivity index (χ4v) is 1.91. The largest absolute Gasteiger partial charge is 0.478 e. The first kappa shape index (κ1) is 13.5. The van der Waals surface area contributed by atoms with E-state index in [4.69, 9.17) is 5.11 Å². The lowest BCUT2D eigenvalue weighted by Gasteiger charge is -2.04. The zero-order valence-corrected chi connectivity index (χ0v) is 10.4. The molecule has 5 nitrogen and oxygen atoms in total. The molecule has 6 heteroatoms. The topological polar surface area (TPSA) is 76.5 Å². The van der Waals surface area contributed by atoms with Crippen LogP contribution in [0.15, 0.2) is 17.2 Å². The lowest BCUT2D eigenvalue weighted by Crippen LogP contribution is -2.05. The molecule has 0 aliphatic heterocycles. The van der Waals surface area contributed by atoms with Crippen LogP contribution in [0.2, 0.25) is 0 Å². The lowest BCUT2D eigenvalue weighted by molar-refractivity contribution is -0.137. The molecule has 0 saturated carbocycles. The third-order valence-electron chi connectivity index (χ3n) is 2.03. The Morgan fingerprint density at radius 1 is 1.47 bits per heavy atom. The molecular weight excluding hydrogens is 242 g/mol. The van der Waals surface area contributed by atoms with Crippen molar-refractivity contribution in [3.8, 4) is 0 Å². The number of thioether (sulfide) groups is 1. The molecule has 0 unspecified atom stereocenters. The molecule has 0 amide bonds. The van der Waals surface area contributed by atoms with Crippen LogP contribution >= 0.6 is 11.8 Å². The first-order valence-corrected chi connectivity index (χ1v) is 5.99. The predicted octanol–water partition coefficient (Wildman–Crippen LogP) is 1.61. The number of aryl methyl sites for hydroxylation is 1. The first-order chi connectivity index (χ1) is 8.06. The maximum absolute atomic E-state index is 11.0. The molecular formula is C11H13NO4S. The third kappa shape index (κ3) is 4.07. The van der Waals surface area contributed by atoms with Gasteiger partial charge in [-0.2, -0.15) is 0 Å². The van der Waals surface area contributed by atoms with E-state index in [1.807, 2.05) is 6.92 Å². The Balaban J connectivity index is 2.87. The standard InChI is InChI=1S/C11H13NO4S/c1-3-8-4-7(11(14)15)5-9(12-8)17-6-10(13)16-2/h4-5H,3,6H2,1-2H3,(H,14,15). The van der Waals surface area contributed by atoms with Crippen molar-refractivity contribution in [2.45, 2.75) is 18.4 Å². The highest BCUT2D eigenvalue weighted by molar-refractivity contribution is 7.99. The molecule has 17 heavy (non-hydrogen) atoms. The van der Waals surface area contributed by atoms with Crippen LogP contribution in [-0.2, 0) is 16.0 Å². The summed E-state index contributed by atoms with van der Waals surface area (Å²) in [6.45, 7) is 1.89. The van der Waals surface area contributed by atoms with Crippen molar-refractivity contribution >= 4 is 23.7 Å². The van der Waals surface area contributed by atoms with Crippen LogP contribution in [0.5, 0.6) is 0 Å². The number of hydrogen-bond acceptors (Lipinski definition) is 5. The number of ether oxygens (including phenoxy) is 1. The Morgan fingerprint density at radius 2 is 2.18 bits per heavy atom. The predicted molar refractivity (Wildman–Crippen MR) is 63.3 cm³/mol. The molecule has 0 fully saturated rings. The summed E-state index contributed by atoms with van der Waals surface area (Å²) in [5, 5.41) is 9.44. The zero-order chi connectivity index (χ0) is 12.8. The van der Waals surface area contributed by atoms with Crippen LogP contribution in [0.3, 0.4) is 0 Å². The summed E-state index contributed by atoms with van der Waals surface area (Å²) in [7, 11) is 1.31. The molecule has 1 aromatic rings.